The maximum absolute atomic E-state index is 14.2. The fourth-order valence-corrected chi connectivity index (χ4v) is 3.92. The third-order valence-corrected chi connectivity index (χ3v) is 5.68. The van der Waals surface area contributed by atoms with Crippen LogP contribution in [0.3, 0.4) is 0 Å². The van der Waals surface area contributed by atoms with E-state index in [1.54, 1.807) is 13.8 Å². The van der Waals surface area contributed by atoms with Gasteiger partial charge in [0, 0.05) is 23.6 Å². The van der Waals surface area contributed by atoms with Gasteiger partial charge in [0.1, 0.15) is 0 Å². The van der Waals surface area contributed by atoms with Crippen molar-refractivity contribution in [1.82, 2.24) is 4.90 Å². The molecule has 0 saturated carbocycles. The first-order chi connectivity index (χ1) is 14.7. The van der Waals surface area contributed by atoms with Gasteiger partial charge in [0.15, 0.2) is 11.6 Å². The van der Waals surface area contributed by atoms with Crippen molar-refractivity contribution in [3.63, 3.8) is 0 Å². The van der Waals surface area contributed by atoms with E-state index >= 15 is 0 Å². The highest BCUT2D eigenvalue weighted by atomic mass is 19.2. The molecule has 0 N–H and O–H groups in total. The van der Waals surface area contributed by atoms with E-state index in [9.17, 15) is 18.4 Å². The first-order valence-corrected chi connectivity index (χ1v) is 10.5. The van der Waals surface area contributed by atoms with Crippen molar-refractivity contribution in [2.45, 2.75) is 52.5 Å². The maximum Gasteiger partial charge on any atom is 0.336 e. The van der Waals surface area contributed by atoms with Gasteiger partial charge >= 0.3 is 5.97 Å². The van der Waals surface area contributed by atoms with Crippen molar-refractivity contribution in [3.8, 4) is 0 Å². The van der Waals surface area contributed by atoms with Gasteiger partial charge in [-0.3, -0.25) is 4.79 Å². The summed E-state index contributed by atoms with van der Waals surface area (Å²) >= 11 is 0. The third kappa shape index (κ3) is 4.68. The molecule has 1 aliphatic rings. The van der Waals surface area contributed by atoms with Crippen molar-refractivity contribution >= 4 is 11.9 Å². The second kappa shape index (κ2) is 9.41. The van der Waals surface area contributed by atoms with E-state index in [2.05, 4.69) is 13.8 Å². The smallest absolute Gasteiger partial charge is 0.336 e. The monoisotopic (exact) mass is 427 g/mol. The van der Waals surface area contributed by atoms with Crippen LogP contribution >= 0.6 is 0 Å². The lowest BCUT2D eigenvalue weighted by atomic mass is 9.83. The van der Waals surface area contributed by atoms with Gasteiger partial charge in [-0.1, -0.05) is 50.2 Å². The number of carbonyl (C=O) groups excluding carboxylic acids is 2. The van der Waals surface area contributed by atoms with Crippen LogP contribution in [0.5, 0.6) is 0 Å². The molecule has 1 amide bonds. The molecule has 6 heteroatoms. The predicted octanol–water partition coefficient (Wildman–Crippen LogP) is 5.44. The Morgan fingerprint density at radius 1 is 1.16 bits per heavy atom. The predicted molar refractivity (Wildman–Crippen MR) is 114 cm³/mol. The van der Waals surface area contributed by atoms with Gasteiger partial charge in [-0.25, -0.2) is 13.6 Å². The van der Waals surface area contributed by atoms with E-state index in [-0.39, 0.29) is 31.0 Å². The number of rotatable bonds is 6. The van der Waals surface area contributed by atoms with Crippen LogP contribution in [0.2, 0.25) is 0 Å². The quantitative estimate of drug-likeness (QED) is 0.577. The lowest BCUT2D eigenvalue weighted by Crippen LogP contribution is -2.38. The SMILES string of the molecule is CCOC(=O)C1=C(C)N(Cc2cccc(F)c2F)C(=O)CC1c1ccc(C(C)C)cc1. The van der Waals surface area contributed by atoms with Crippen molar-refractivity contribution in [2.75, 3.05) is 6.61 Å². The Kier molecular flexibility index (Phi) is 6.88. The summed E-state index contributed by atoms with van der Waals surface area (Å²) in [6.45, 7) is 7.59. The highest BCUT2D eigenvalue weighted by molar-refractivity contribution is 5.95. The molecule has 4 nitrogen and oxygen atoms in total. The number of hydrogen-bond acceptors (Lipinski definition) is 3. The number of esters is 1. The van der Waals surface area contributed by atoms with Crippen molar-refractivity contribution in [2.24, 2.45) is 0 Å². The van der Waals surface area contributed by atoms with Crippen LogP contribution in [0.15, 0.2) is 53.7 Å². The molecule has 0 aromatic heterocycles. The van der Waals surface area contributed by atoms with E-state index in [1.807, 2.05) is 24.3 Å². The molecule has 0 spiro atoms. The molecule has 1 heterocycles. The fourth-order valence-electron chi connectivity index (χ4n) is 3.92. The minimum Gasteiger partial charge on any atom is -0.463 e. The second-order valence-electron chi connectivity index (χ2n) is 7.99. The highest BCUT2D eigenvalue weighted by Crippen LogP contribution is 2.38. The summed E-state index contributed by atoms with van der Waals surface area (Å²) in [5.41, 5.74) is 2.83. The Morgan fingerprint density at radius 3 is 2.45 bits per heavy atom. The minimum absolute atomic E-state index is 0.0451. The molecule has 0 bridgehead atoms. The first-order valence-electron chi connectivity index (χ1n) is 10.5. The first kappa shape index (κ1) is 22.7. The number of benzene rings is 2. The van der Waals surface area contributed by atoms with E-state index in [4.69, 9.17) is 4.74 Å². The fraction of sp³-hybridized carbons (Fsp3) is 0.360. The van der Waals surface area contributed by atoms with Crippen LogP contribution in [0, 0.1) is 11.6 Å². The Morgan fingerprint density at radius 2 is 1.84 bits per heavy atom. The van der Waals surface area contributed by atoms with E-state index in [1.165, 1.54) is 17.0 Å². The van der Waals surface area contributed by atoms with Gasteiger partial charge < -0.3 is 9.64 Å². The Hall–Kier alpha value is -3.02. The molecule has 0 radical (unpaired) electrons. The molecule has 164 valence electrons. The number of amides is 1. The summed E-state index contributed by atoms with van der Waals surface area (Å²) in [5, 5.41) is 0. The third-order valence-electron chi connectivity index (χ3n) is 5.68. The molecule has 2 aromatic carbocycles. The van der Waals surface area contributed by atoms with Gasteiger partial charge in [0.2, 0.25) is 5.91 Å². The molecule has 1 unspecified atom stereocenters. The van der Waals surface area contributed by atoms with E-state index < -0.39 is 23.5 Å². The molecule has 0 aliphatic carbocycles. The zero-order valence-electron chi connectivity index (χ0n) is 18.2. The number of allylic oxidation sites excluding steroid dienone is 1. The van der Waals surface area contributed by atoms with Gasteiger partial charge in [-0.2, -0.15) is 0 Å². The summed E-state index contributed by atoms with van der Waals surface area (Å²) < 4.78 is 33.1. The van der Waals surface area contributed by atoms with Crippen molar-refractivity contribution < 1.29 is 23.1 Å². The normalized spacial score (nSPS) is 16.8. The van der Waals surface area contributed by atoms with E-state index in [0.29, 0.717) is 17.2 Å². The summed E-state index contributed by atoms with van der Waals surface area (Å²) in [5.74, 6) is -2.83. The van der Waals surface area contributed by atoms with Crippen LogP contribution in [0.4, 0.5) is 8.78 Å². The average Bonchev–Trinajstić information content (AvgIpc) is 2.73. The van der Waals surface area contributed by atoms with Crippen LogP contribution in [-0.2, 0) is 20.9 Å². The molecular formula is C25H27F2NO3. The average molecular weight is 427 g/mol. The summed E-state index contributed by atoms with van der Waals surface area (Å²) in [7, 11) is 0. The second-order valence-corrected chi connectivity index (χ2v) is 7.99. The molecular weight excluding hydrogens is 400 g/mol. The molecule has 31 heavy (non-hydrogen) atoms. The Labute approximate surface area is 181 Å². The van der Waals surface area contributed by atoms with E-state index in [0.717, 1.165) is 17.2 Å². The summed E-state index contributed by atoms with van der Waals surface area (Å²) in [6.07, 6.45) is 0.0451. The van der Waals surface area contributed by atoms with Gasteiger partial charge in [0.05, 0.1) is 18.7 Å². The van der Waals surface area contributed by atoms with Crippen molar-refractivity contribution in [3.05, 3.63) is 82.1 Å². The molecule has 1 atom stereocenters. The summed E-state index contributed by atoms with van der Waals surface area (Å²) in [4.78, 5) is 27.2. The number of carbonyl (C=O) groups is 2. The zero-order valence-corrected chi connectivity index (χ0v) is 18.2. The van der Waals surface area contributed by atoms with Gasteiger partial charge in [0.25, 0.3) is 0 Å². The molecule has 0 saturated heterocycles. The number of ether oxygens (including phenoxy) is 1. The zero-order chi connectivity index (χ0) is 22.7. The van der Waals surface area contributed by atoms with Gasteiger partial charge in [-0.05, 0) is 37.0 Å². The molecule has 3 rings (SSSR count). The van der Waals surface area contributed by atoms with Crippen molar-refractivity contribution in [1.29, 1.82) is 0 Å². The number of halogens is 2. The lowest BCUT2D eigenvalue weighted by Gasteiger charge is -2.34. The Bertz CT molecular complexity index is 1010. The van der Waals surface area contributed by atoms with Crippen LogP contribution in [-0.4, -0.2) is 23.4 Å². The summed E-state index contributed by atoms with van der Waals surface area (Å²) in [6, 6.07) is 11.7. The standard InChI is InChI=1S/C25H27F2NO3/c1-5-31-25(30)23-16(4)28(14-19-7-6-8-21(26)24(19)27)22(29)13-20(23)18-11-9-17(10-12-18)15(2)3/h6-12,15,20H,5,13-14H2,1-4H3. The molecule has 2 aromatic rings. The Balaban J connectivity index is 2.03. The van der Waals surface area contributed by atoms with Crippen LogP contribution in [0.1, 0.15) is 62.6 Å². The minimum atomic E-state index is -0.993. The number of hydrogen-bond donors (Lipinski definition) is 0. The molecule has 1 aliphatic heterocycles. The lowest BCUT2D eigenvalue weighted by molar-refractivity contribution is -0.140. The highest BCUT2D eigenvalue weighted by Gasteiger charge is 2.37. The number of nitrogens with zero attached hydrogens (tertiary/aromatic N) is 1. The van der Waals surface area contributed by atoms with Gasteiger partial charge in [-0.15, -0.1) is 0 Å². The largest absolute Gasteiger partial charge is 0.463 e. The molecule has 0 fully saturated rings. The van der Waals surface area contributed by atoms with Crippen LogP contribution in [0.25, 0.3) is 0 Å². The topological polar surface area (TPSA) is 46.6 Å². The maximum atomic E-state index is 14.2. The van der Waals surface area contributed by atoms with Crippen LogP contribution < -0.4 is 0 Å².